The van der Waals surface area contributed by atoms with Gasteiger partial charge >= 0.3 is 12.3 Å². The van der Waals surface area contributed by atoms with Crippen molar-refractivity contribution in [3.63, 3.8) is 0 Å². The highest BCUT2D eigenvalue weighted by molar-refractivity contribution is 9.10. The number of halogens is 5. The first kappa shape index (κ1) is 34.4. The normalized spacial score (nSPS) is 25.2. The van der Waals surface area contributed by atoms with E-state index in [9.17, 15) is 18.0 Å². The smallest absolute Gasteiger partial charge is 0.435 e. The first-order valence-electron chi connectivity index (χ1n) is 13.9. The van der Waals surface area contributed by atoms with Crippen molar-refractivity contribution in [3.05, 3.63) is 69.4 Å². The van der Waals surface area contributed by atoms with Crippen molar-refractivity contribution in [3.8, 4) is 5.69 Å². The Morgan fingerprint density at radius 3 is 2.61 bits per heavy atom. The fourth-order valence-electron chi connectivity index (χ4n) is 5.03. The number of carbonyl (C=O) groups excluding carboxylic acids is 1. The number of hydrogen-bond donors (Lipinski definition) is 2. The highest BCUT2D eigenvalue weighted by Crippen LogP contribution is 2.42. The van der Waals surface area contributed by atoms with Crippen LogP contribution >= 0.6 is 27.5 Å². The average Bonchev–Trinajstić information content (AvgIpc) is 3.38. The van der Waals surface area contributed by atoms with Gasteiger partial charge in [-0.25, -0.2) is 24.9 Å². The number of ether oxygens (including phenoxy) is 6. The second-order valence-electron chi connectivity index (χ2n) is 11.3. The van der Waals surface area contributed by atoms with Crippen LogP contribution in [0.3, 0.4) is 0 Å². The maximum Gasteiger partial charge on any atom is 0.435 e. The Bertz CT molecular complexity index is 1510. The van der Waals surface area contributed by atoms with E-state index in [2.05, 4.69) is 41.8 Å². The number of methoxy groups -OCH3 is 1. The average molecular weight is 736 g/mol. The van der Waals surface area contributed by atoms with Gasteiger partial charge in [0.15, 0.2) is 17.8 Å². The van der Waals surface area contributed by atoms with Gasteiger partial charge in [0, 0.05) is 18.9 Å². The van der Waals surface area contributed by atoms with Gasteiger partial charge in [-0.1, -0.05) is 41.9 Å². The predicted molar refractivity (Wildman–Crippen MR) is 158 cm³/mol. The van der Waals surface area contributed by atoms with Crippen molar-refractivity contribution < 1.29 is 46.4 Å². The van der Waals surface area contributed by atoms with Gasteiger partial charge in [0.1, 0.15) is 36.8 Å². The summed E-state index contributed by atoms with van der Waals surface area (Å²) < 4.78 is 78.6. The van der Waals surface area contributed by atoms with Crippen molar-refractivity contribution in [2.24, 2.45) is 0 Å². The number of benzene rings is 1. The molecule has 250 valence electrons. The number of pyridine rings is 1. The number of rotatable bonds is 8. The van der Waals surface area contributed by atoms with Gasteiger partial charge in [0.05, 0.1) is 23.4 Å². The molecule has 0 spiro atoms. The Morgan fingerprint density at radius 2 is 1.93 bits per heavy atom. The van der Waals surface area contributed by atoms with Gasteiger partial charge < -0.3 is 28.4 Å². The quantitative estimate of drug-likeness (QED) is 0.238. The van der Waals surface area contributed by atoms with Crippen LogP contribution < -0.4 is 10.9 Å². The van der Waals surface area contributed by atoms with Crippen LogP contribution in [0, 0.1) is 0 Å². The van der Waals surface area contributed by atoms with E-state index in [0.29, 0.717) is 0 Å². The summed E-state index contributed by atoms with van der Waals surface area (Å²) in [6.45, 7) is 4.84. The summed E-state index contributed by atoms with van der Waals surface area (Å²) >= 11 is 9.25. The molecule has 4 heterocycles. The van der Waals surface area contributed by atoms with E-state index in [-0.39, 0.29) is 29.0 Å². The Morgan fingerprint density at radius 1 is 1.20 bits per heavy atom. The van der Waals surface area contributed by atoms with E-state index in [4.69, 9.17) is 40.0 Å². The number of alkyl halides is 3. The number of aromatic nitrogens is 4. The van der Waals surface area contributed by atoms with Gasteiger partial charge in [-0.2, -0.15) is 13.2 Å². The zero-order valence-electron chi connectivity index (χ0n) is 25.0. The van der Waals surface area contributed by atoms with Crippen molar-refractivity contribution >= 4 is 33.6 Å². The molecule has 1 amide bonds. The molecule has 2 aliphatic heterocycles. The van der Waals surface area contributed by atoms with E-state index < -0.39 is 66.0 Å². The number of amides is 1. The minimum atomic E-state index is -4.86. The SMILES string of the molecule is COCOC1C(NNC(=O)OC(C)(C)C)[C@H]2OC(c3ccccc3)OCC2O[C@H]1c1nc(Br)nn1-c1cc(Cl)cnc1C(F)(F)F. The van der Waals surface area contributed by atoms with Crippen molar-refractivity contribution in [1.29, 1.82) is 0 Å². The number of hydrogen-bond acceptors (Lipinski definition) is 11. The molecule has 6 atom stereocenters. The molecule has 46 heavy (non-hydrogen) atoms. The van der Waals surface area contributed by atoms with Gasteiger partial charge in [-0.3, -0.25) is 5.43 Å². The molecule has 3 aromatic rings. The van der Waals surface area contributed by atoms with Crippen LogP contribution in [0.25, 0.3) is 5.69 Å². The summed E-state index contributed by atoms with van der Waals surface area (Å²) in [5.74, 6) is -0.102. The minimum Gasteiger partial charge on any atom is -0.443 e. The van der Waals surface area contributed by atoms with Crippen molar-refractivity contribution in [2.45, 2.75) is 69.3 Å². The summed E-state index contributed by atoms with van der Waals surface area (Å²) in [6.07, 6.45) is -9.57. The van der Waals surface area contributed by atoms with Crippen LogP contribution in [-0.4, -0.2) is 76.3 Å². The van der Waals surface area contributed by atoms with Crippen molar-refractivity contribution in [1.82, 2.24) is 30.6 Å². The zero-order chi connectivity index (χ0) is 33.2. The van der Waals surface area contributed by atoms with E-state index in [1.165, 1.54) is 7.11 Å². The molecule has 2 fully saturated rings. The molecule has 2 aromatic heterocycles. The molecular weight excluding hydrogens is 705 g/mol. The molecule has 4 unspecified atom stereocenters. The van der Waals surface area contributed by atoms with Crippen LogP contribution in [0.2, 0.25) is 5.02 Å². The molecule has 0 saturated carbocycles. The van der Waals surface area contributed by atoms with Crippen LogP contribution in [0.5, 0.6) is 0 Å². The molecule has 2 N–H and O–H groups in total. The summed E-state index contributed by atoms with van der Waals surface area (Å²) in [5, 5.41) is 4.10. The summed E-state index contributed by atoms with van der Waals surface area (Å²) in [5.41, 5.74) is 3.63. The van der Waals surface area contributed by atoms with Crippen molar-refractivity contribution in [2.75, 3.05) is 20.5 Å². The van der Waals surface area contributed by atoms with E-state index in [1.807, 2.05) is 30.3 Å². The third-order valence-corrected chi connectivity index (χ3v) is 7.31. The lowest BCUT2D eigenvalue weighted by Crippen LogP contribution is -2.67. The van der Waals surface area contributed by atoms with Gasteiger partial charge in [-0.05, 0) is 42.8 Å². The lowest BCUT2D eigenvalue weighted by atomic mass is 9.91. The Balaban J connectivity index is 1.57. The second-order valence-corrected chi connectivity index (χ2v) is 12.4. The fraction of sp³-hybridized carbons (Fsp3) is 0.500. The fourth-order valence-corrected chi connectivity index (χ4v) is 5.52. The first-order chi connectivity index (χ1) is 21.7. The van der Waals surface area contributed by atoms with E-state index >= 15 is 0 Å². The van der Waals surface area contributed by atoms with Crippen LogP contribution in [0.15, 0.2) is 47.3 Å². The number of fused-ring (bicyclic) bond motifs is 1. The minimum absolute atomic E-state index is 0.00414. The van der Waals surface area contributed by atoms with Crippen LogP contribution in [0.1, 0.15) is 50.2 Å². The number of hydrazine groups is 1. The monoisotopic (exact) mass is 734 g/mol. The molecule has 2 aliphatic rings. The molecule has 1 aromatic carbocycles. The standard InChI is InChI=1S/C28H31BrClF3N6O7/c1-27(2,3)46-26(40)37-36-18-19-17(12-42-24(45-19)14-8-6-5-7-9-14)44-21(20(18)43-13-41-4)23-35-25(29)38-39(23)16-10-15(30)11-34-22(16)28(31,32)33/h5-11,17-21,24,36H,12-13H2,1-4H3,(H,37,40)/t17?,18?,19-,20?,21+,24?/m0/s1. The molecule has 2 saturated heterocycles. The van der Waals surface area contributed by atoms with Gasteiger partial charge in [0.2, 0.25) is 4.73 Å². The van der Waals surface area contributed by atoms with Crippen LogP contribution in [0.4, 0.5) is 18.0 Å². The molecule has 5 rings (SSSR count). The molecular formula is C28H31BrClF3N6O7. The predicted octanol–water partition coefficient (Wildman–Crippen LogP) is 5.04. The molecule has 13 nitrogen and oxygen atoms in total. The highest BCUT2D eigenvalue weighted by atomic mass is 79.9. The largest absolute Gasteiger partial charge is 0.443 e. The Hall–Kier alpha value is -2.90. The van der Waals surface area contributed by atoms with Crippen LogP contribution in [-0.2, 0) is 34.6 Å². The third-order valence-electron chi connectivity index (χ3n) is 6.77. The molecule has 0 radical (unpaired) electrons. The lowest BCUT2D eigenvalue weighted by Gasteiger charge is -2.49. The summed E-state index contributed by atoms with van der Waals surface area (Å²) in [7, 11) is 1.39. The number of nitrogens with zero attached hydrogens (tertiary/aromatic N) is 4. The van der Waals surface area contributed by atoms with E-state index in [0.717, 1.165) is 22.5 Å². The zero-order valence-corrected chi connectivity index (χ0v) is 27.3. The first-order valence-corrected chi connectivity index (χ1v) is 15.1. The van der Waals surface area contributed by atoms with Gasteiger partial charge in [0.25, 0.3) is 0 Å². The third kappa shape index (κ3) is 7.96. The molecule has 0 bridgehead atoms. The highest BCUT2D eigenvalue weighted by Gasteiger charge is 2.53. The summed E-state index contributed by atoms with van der Waals surface area (Å²) in [6, 6.07) is 9.30. The Labute approximate surface area is 275 Å². The van der Waals surface area contributed by atoms with Gasteiger partial charge in [-0.15, -0.1) is 5.10 Å². The number of carbonyl (C=O) groups is 1. The maximum absolute atomic E-state index is 14.1. The second kappa shape index (κ2) is 14.1. The topological polar surface area (TPSA) is 140 Å². The Kier molecular flexibility index (Phi) is 10.5. The molecule has 0 aliphatic carbocycles. The molecule has 18 heteroatoms. The summed E-state index contributed by atoms with van der Waals surface area (Å²) in [4.78, 5) is 20.6. The maximum atomic E-state index is 14.1. The number of nitrogens with one attached hydrogen (secondary N) is 2. The van der Waals surface area contributed by atoms with E-state index in [1.54, 1.807) is 20.8 Å². The lowest BCUT2D eigenvalue weighted by molar-refractivity contribution is -0.320.